The van der Waals surface area contributed by atoms with E-state index in [0.29, 0.717) is 25.7 Å². The number of rotatable bonds is 59. The Hall–Kier alpha value is -1.94. The molecule has 0 bridgehead atoms. The van der Waals surface area contributed by atoms with Crippen LogP contribution in [0.4, 0.5) is 0 Å². The van der Waals surface area contributed by atoms with E-state index in [1.165, 1.54) is 116 Å². The minimum Gasteiger partial charge on any atom is -0.462 e. The molecule has 0 aromatic heterocycles. The molecule has 19 heteroatoms. The van der Waals surface area contributed by atoms with E-state index < -0.39 is 97.5 Å². The number of esters is 4. The van der Waals surface area contributed by atoms with Crippen LogP contribution in [0.2, 0.25) is 0 Å². The minimum atomic E-state index is -4.94. The molecule has 0 saturated heterocycles. The maximum Gasteiger partial charge on any atom is 0.472 e. The van der Waals surface area contributed by atoms with Gasteiger partial charge in [-0.15, -0.1) is 0 Å². The zero-order chi connectivity index (χ0) is 57.8. The van der Waals surface area contributed by atoms with Gasteiger partial charge in [0, 0.05) is 25.7 Å². The molecule has 0 fully saturated rings. The SMILES string of the molecule is CCCCCCCCCCCCC(=O)OC[C@H](COP(=O)(O)OC[C@@H](O)COP(=O)(O)OC[C@@H](COC(=O)CCCCCCCCCCC)OC(=O)CCCCCCCCCCC)OC(=O)CCCCCCCCC(C)CC. The average molecular weight is 1160 g/mol. The molecule has 0 radical (unpaired) electrons. The number of aliphatic hydroxyl groups is 1. The van der Waals surface area contributed by atoms with Crippen LogP contribution < -0.4 is 0 Å². The van der Waals surface area contributed by atoms with Crippen LogP contribution in [0, 0.1) is 5.92 Å². The van der Waals surface area contributed by atoms with Crippen molar-refractivity contribution in [3.05, 3.63) is 0 Å². The highest BCUT2D eigenvalue weighted by Gasteiger charge is 2.30. The van der Waals surface area contributed by atoms with E-state index in [4.69, 9.17) is 37.0 Å². The molecule has 0 spiro atoms. The lowest BCUT2D eigenvalue weighted by atomic mass is 10.00. The number of phosphoric acid groups is 2. The van der Waals surface area contributed by atoms with E-state index in [0.717, 1.165) is 95.8 Å². The molecule has 0 aliphatic rings. The summed E-state index contributed by atoms with van der Waals surface area (Å²) in [4.78, 5) is 71.8. The summed E-state index contributed by atoms with van der Waals surface area (Å²) in [5, 5.41) is 10.5. The molecule has 3 unspecified atom stereocenters. The van der Waals surface area contributed by atoms with Gasteiger partial charge in [-0.1, -0.05) is 240 Å². The highest BCUT2D eigenvalue weighted by molar-refractivity contribution is 7.47. The van der Waals surface area contributed by atoms with E-state index in [9.17, 15) is 43.2 Å². The Morgan fingerprint density at radius 2 is 0.615 bits per heavy atom. The van der Waals surface area contributed by atoms with Crippen LogP contribution in [0.15, 0.2) is 0 Å². The molecule has 0 aliphatic carbocycles. The van der Waals surface area contributed by atoms with E-state index in [-0.39, 0.29) is 25.7 Å². The maximum absolute atomic E-state index is 12.9. The third-order valence-electron chi connectivity index (χ3n) is 13.9. The maximum atomic E-state index is 12.9. The molecule has 6 atom stereocenters. The average Bonchev–Trinajstić information content (AvgIpc) is 3.41. The molecule has 0 aromatic rings. The predicted octanol–water partition coefficient (Wildman–Crippen LogP) is 15.8. The molecular formula is C59H114O17P2. The molecule has 3 N–H and O–H groups in total. The summed E-state index contributed by atoms with van der Waals surface area (Å²) >= 11 is 0. The van der Waals surface area contributed by atoms with Gasteiger partial charge in [0.2, 0.25) is 0 Å². The lowest BCUT2D eigenvalue weighted by Gasteiger charge is -2.21. The molecular weight excluding hydrogens is 1040 g/mol. The fourth-order valence-corrected chi connectivity index (χ4v) is 10.2. The van der Waals surface area contributed by atoms with Gasteiger partial charge in [-0.25, -0.2) is 9.13 Å². The first-order valence-corrected chi connectivity index (χ1v) is 34.2. The Balaban J connectivity index is 5.23. The molecule has 0 amide bonds. The fourth-order valence-electron chi connectivity index (χ4n) is 8.67. The van der Waals surface area contributed by atoms with Gasteiger partial charge < -0.3 is 33.8 Å². The summed E-state index contributed by atoms with van der Waals surface area (Å²) in [6.07, 6.45) is 34.8. The zero-order valence-corrected chi connectivity index (χ0v) is 51.6. The number of phosphoric ester groups is 2. The smallest absolute Gasteiger partial charge is 0.462 e. The van der Waals surface area contributed by atoms with E-state index in [2.05, 4.69) is 34.6 Å². The number of hydrogen-bond acceptors (Lipinski definition) is 15. The van der Waals surface area contributed by atoms with Crippen LogP contribution >= 0.6 is 15.6 Å². The van der Waals surface area contributed by atoms with Crippen molar-refractivity contribution in [3.63, 3.8) is 0 Å². The first-order chi connectivity index (χ1) is 37.6. The lowest BCUT2D eigenvalue weighted by Crippen LogP contribution is -2.30. The molecule has 78 heavy (non-hydrogen) atoms. The predicted molar refractivity (Wildman–Crippen MR) is 308 cm³/mol. The Kier molecular flexibility index (Phi) is 51.8. The number of ether oxygens (including phenoxy) is 4. The number of unbranched alkanes of at least 4 members (excludes halogenated alkanes) is 30. The van der Waals surface area contributed by atoms with Crippen molar-refractivity contribution in [2.45, 2.75) is 310 Å². The van der Waals surface area contributed by atoms with Gasteiger partial charge in [0.1, 0.15) is 19.3 Å². The Morgan fingerprint density at radius 3 is 0.910 bits per heavy atom. The third kappa shape index (κ3) is 52.2. The van der Waals surface area contributed by atoms with Gasteiger partial charge >= 0.3 is 39.5 Å². The van der Waals surface area contributed by atoms with Crippen molar-refractivity contribution in [1.29, 1.82) is 0 Å². The van der Waals surface area contributed by atoms with Gasteiger partial charge in [-0.3, -0.25) is 37.3 Å². The van der Waals surface area contributed by atoms with Crippen molar-refractivity contribution in [2.24, 2.45) is 5.92 Å². The van der Waals surface area contributed by atoms with Crippen molar-refractivity contribution < 1.29 is 80.2 Å². The van der Waals surface area contributed by atoms with Crippen molar-refractivity contribution in [3.8, 4) is 0 Å². The van der Waals surface area contributed by atoms with Crippen LogP contribution in [0.25, 0.3) is 0 Å². The molecule has 0 heterocycles. The normalized spacial score (nSPS) is 14.7. The Bertz CT molecular complexity index is 1540. The van der Waals surface area contributed by atoms with Crippen molar-refractivity contribution >= 4 is 39.5 Å². The third-order valence-corrected chi connectivity index (χ3v) is 15.8. The van der Waals surface area contributed by atoms with Crippen molar-refractivity contribution in [1.82, 2.24) is 0 Å². The second-order valence-corrected chi connectivity index (χ2v) is 24.5. The van der Waals surface area contributed by atoms with Gasteiger partial charge in [0.25, 0.3) is 0 Å². The minimum absolute atomic E-state index is 0.103. The second-order valence-electron chi connectivity index (χ2n) is 21.6. The van der Waals surface area contributed by atoms with Crippen LogP contribution in [0.5, 0.6) is 0 Å². The van der Waals surface area contributed by atoms with Crippen LogP contribution in [-0.2, 0) is 65.4 Å². The summed E-state index contributed by atoms with van der Waals surface area (Å²) < 4.78 is 67.7. The number of carbonyl (C=O) groups excluding carboxylic acids is 4. The Morgan fingerprint density at radius 1 is 0.359 bits per heavy atom. The Labute approximate surface area is 473 Å². The topological polar surface area (TPSA) is 237 Å². The van der Waals surface area contributed by atoms with Gasteiger partial charge in [0.15, 0.2) is 12.2 Å². The van der Waals surface area contributed by atoms with Crippen LogP contribution in [0.1, 0.15) is 291 Å². The molecule has 462 valence electrons. The van der Waals surface area contributed by atoms with Gasteiger partial charge in [0.05, 0.1) is 26.4 Å². The first-order valence-electron chi connectivity index (χ1n) is 31.2. The van der Waals surface area contributed by atoms with Crippen LogP contribution in [-0.4, -0.2) is 96.7 Å². The summed E-state index contributed by atoms with van der Waals surface area (Å²) in [5.41, 5.74) is 0. The zero-order valence-electron chi connectivity index (χ0n) is 49.8. The van der Waals surface area contributed by atoms with E-state index in [1.54, 1.807) is 0 Å². The number of hydrogen-bond donors (Lipinski definition) is 3. The van der Waals surface area contributed by atoms with Crippen LogP contribution in [0.3, 0.4) is 0 Å². The van der Waals surface area contributed by atoms with E-state index >= 15 is 0 Å². The summed E-state index contributed by atoms with van der Waals surface area (Å²) in [6, 6.07) is 0. The van der Waals surface area contributed by atoms with Gasteiger partial charge in [-0.05, 0) is 31.6 Å². The molecule has 0 rings (SSSR count). The molecule has 0 aromatic carbocycles. The summed E-state index contributed by atoms with van der Waals surface area (Å²) in [5.74, 6) is -1.42. The summed E-state index contributed by atoms with van der Waals surface area (Å²) in [7, 11) is -9.87. The monoisotopic (exact) mass is 1160 g/mol. The van der Waals surface area contributed by atoms with Crippen molar-refractivity contribution in [2.75, 3.05) is 39.6 Å². The highest BCUT2D eigenvalue weighted by atomic mass is 31.2. The largest absolute Gasteiger partial charge is 0.472 e. The van der Waals surface area contributed by atoms with Gasteiger partial charge in [-0.2, -0.15) is 0 Å². The first kappa shape index (κ1) is 76.1. The molecule has 0 saturated carbocycles. The number of carbonyl (C=O) groups is 4. The fraction of sp³-hybridized carbons (Fsp3) is 0.932. The highest BCUT2D eigenvalue weighted by Crippen LogP contribution is 2.45. The summed E-state index contributed by atoms with van der Waals surface area (Å²) in [6.45, 7) is 7.07. The lowest BCUT2D eigenvalue weighted by molar-refractivity contribution is -0.161. The number of aliphatic hydroxyl groups excluding tert-OH is 1. The van der Waals surface area contributed by atoms with E-state index in [1.807, 2.05) is 0 Å². The standard InChI is InChI=1S/C59H114O17P2/c1-6-10-13-16-19-22-25-27-33-38-43-57(62)70-49-55(76-59(64)45-40-35-30-29-31-36-41-52(5)9-4)51-74-78(67,68)72-47-53(60)46-71-77(65,66)73-50-54(75-58(63)44-39-34-28-24-21-18-15-12-8-3)48-69-56(61)42-37-32-26-23-20-17-14-11-7-2/h52-55,60H,6-51H2,1-5H3,(H,65,66)(H,67,68)/t52?,53-,54+,55+/m0/s1. The molecule has 17 nitrogen and oxygen atoms in total. The second kappa shape index (κ2) is 53.1. The molecule has 0 aliphatic heterocycles. The quantitative estimate of drug-likeness (QED) is 0.0222.